The zero-order valence-electron chi connectivity index (χ0n) is 16.3. The smallest absolute Gasteiger partial charge is 0.327 e. The van der Waals surface area contributed by atoms with Gasteiger partial charge in [0, 0.05) is 11.6 Å². The van der Waals surface area contributed by atoms with E-state index in [1.807, 2.05) is 42.5 Å². The predicted molar refractivity (Wildman–Crippen MR) is 110 cm³/mol. The van der Waals surface area contributed by atoms with Gasteiger partial charge in [0.15, 0.2) is 11.5 Å². The lowest BCUT2D eigenvalue weighted by Gasteiger charge is -2.47. The zero-order valence-corrected chi connectivity index (χ0v) is 17.1. The number of imide groups is 1. The summed E-state index contributed by atoms with van der Waals surface area (Å²) in [7, 11) is 0. The molecular weight excluding hydrogens is 406 g/mol. The first kappa shape index (κ1) is 19.2. The van der Waals surface area contributed by atoms with E-state index in [1.54, 1.807) is 4.90 Å². The van der Waals surface area contributed by atoms with Gasteiger partial charge in [-0.3, -0.25) is 9.69 Å². The Morgan fingerprint density at radius 1 is 1.03 bits per heavy atom. The van der Waals surface area contributed by atoms with Gasteiger partial charge in [-0.1, -0.05) is 29.8 Å². The van der Waals surface area contributed by atoms with Gasteiger partial charge in [0.05, 0.1) is 12.6 Å². The van der Waals surface area contributed by atoms with Crippen LogP contribution in [0.5, 0.6) is 11.5 Å². The van der Waals surface area contributed by atoms with Crippen molar-refractivity contribution in [2.75, 3.05) is 13.3 Å². The van der Waals surface area contributed by atoms with E-state index in [0.29, 0.717) is 23.1 Å². The Morgan fingerprint density at radius 2 is 1.87 bits per heavy atom. The van der Waals surface area contributed by atoms with Crippen LogP contribution in [0.4, 0.5) is 4.79 Å². The van der Waals surface area contributed by atoms with Crippen LogP contribution in [0.1, 0.15) is 24.0 Å². The largest absolute Gasteiger partial charge is 0.454 e. The molecule has 2 aromatic rings. The Balaban J connectivity index is 1.43. The van der Waals surface area contributed by atoms with Gasteiger partial charge in [-0.25, -0.2) is 4.79 Å². The summed E-state index contributed by atoms with van der Waals surface area (Å²) in [5, 5.41) is 3.95. The molecule has 3 aliphatic rings. The van der Waals surface area contributed by atoms with Crippen molar-refractivity contribution in [2.45, 2.75) is 38.0 Å². The Labute approximate surface area is 179 Å². The second-order valence-electron chi connectivity index (χ2n) is 7.79. The van der Waals surface area contributed by atoms with Gasteiger partial charge in [-0.15, -0.1) is 0 Å². The van der Waals surface area contributed by atoms with Crippen molar-refractivity contribution in [3.8, 4) is 11.5 Å². The van der Waals surface area contributed by atoms with Crippen LogP contribution in [0.15, 0.2) is 42.5 Å². The molecule has 30 heavy (non-hydrogen) atoms. The van der Waals surface area contributed by atoms with Crippen LogP contribution in [0.3, 0.4) is 0 Å². The molecule has 0 spiro atoms. The number of rotatable bonds is 4. The molecule has 7 nitrogen and oxygen atoms in total. The van der Waals surface area contributed by atoms with Crippen LogP contribution < -0.4 is 14.8 Å². The van der Waals surface area contributed by atoms with Crippen LogP contribution in [-0.2, 0) is 17.9 Å². The summed E-state index contributed by atoms with van der Waals surface area (Å²) < 4.78 is 10.8. The molecule has 8 heteroatoms. The highest BCUT2D eigenvalue weighted by Gasteiger charge is 2.47. The normalized spacial score (nSPS) is 23.0. The van der Waals surface area contributed by atoms with Crippen molar-refractivity contribution in [1.82, 2.24) is 15.1 Å². The molecule has 3 amide bonds. The number of amides is 3. The molecule has 2 fully saturated rings. The van der Waals surface area contributed by atoms with Crippen LogP contribution >= 0.6 is 11.6 Å². The van der Waals surface area contributed by atoms with E-state index < -0.39 is 6.04 Å². The fourth-order valence-corrected chi connectivity index (χ4v) is 4.62. The van der Waals surface area contributed by atoms with E-state index in [0.717, 1.165) is 30.5 Å². The highest BCUT2D eigenvalue weighted by atomic mass is 35.5. The highest BCUT2D eigenvalue weighted by molar-refractivity contribution is 6.30. The maximum Gasteiger partial charge on any atom is 0.327 e. The summed E-state index contributed by atoms with van der Waals surface area (Å²) in [6, 6.07) is 12.1. The second-order valence-corrected chi connectivity index (χ2v) is 8.23. The topological polar surface area (TPSA) is 71.1 Å². The number of halogens is 1. The number of urea groups is 1. The zero-order chi connectivity index (χ0) is 20.7. The Morgan fingerprint density at radius 3 is 2.73 bits per heavy atom. The fourth-order valence-electron chi connectivity index (χ4n) is 4.40. The molecular formula is C22H22ClN3O4. The Kier molecular flexibility index (Phi) is 5.00. The number of carbonyl (C=O) groups is 2. The number of fused-ring (bicyclic) bond motifs is 2. The van der Waals surface area contributed by atoms with Crippen molar-refractivity contribution >= 4 is 23.5 Å². The first-order chi connectivity index (χ1) is 14.6. The predicted octanol–water partition coefficient (Wildman–Crippen LogP) is 3.15. The number of nitrogens with zero attached hydrogens (tertiary/aromatic N) is 2. The highest BCUT2D eigenvalue weighted by Crippen LogP contribution is 2.34. The van der Waals surface area contributed by atoms with Crippen molar-refractivity contribution in [2.24, 2.45) is 0 Å². The minimum absolute atomic E-state index is 0.161. The molecule has 0 bridgehead atoms. The van der Waals surface area contributed by atoms with Crippen molar-refractivity contribution in [3.63, 3.8) is 0 Å². The number of piperidine rings is 1. The molecule has 0 radical (unpaired) electrons. The van der Waals surface area contributed by atoms with Crippen LogP contribution in [0.25, 0.3) is 0 Å². The van der Waals surface area contributed by atoms with Crippen LogP contribution in [0.2, 0.25) is 5.02 Å². The average Bonchev–Trinajstić information content (AvgIpc) is 3.22. The van der Waals surface area contributed by atoms with Gasteiger partial charge in [0.2, 0.25) is 12.7 Å². The molecule has 3 aliphatic heterocycles. The third kappa shape index (κ3) is 3.48. The van der Waals surface area contributed by atoms with Gasteiger partial charge in [-0.2, -0.15) is 0 Å². The van der Waals surface area contributed by atoms with E-state index in [-0.39, 0.29) is 31.3 Å². The standard InChI is InChI=1S/C22H22ClN3O4/c23-16-4-1-3-14(9-16)11-25-17-5-2-8-24-20(17)21(27)26(22(25)28)12-15-6-7-18-19(10-15)30-13-29-18/h1,3-4,6-7,9-10,17,20,24H,2,5,8,11-13H2. The number of benzene rings is 2. The second kappa shape index (κ2) is 7.81. The molecule has 2 aromatic carbocycles. The van der Waals surface area contributed by atoms with Gasteiger partial charge in [0.1, 0.15) is 6.04 Å². The molecule has 3 heterocycles. The number of hydrogen-bond donors (Lipinski definition) is 1. The first-order valence-electron chi connectivity index (χ1n) is 10.1. The fraction of sp³-hybridized carbons (Fsp3) is 0.364. The lowest BCUT2D eigenvalue weighted by molar-refractivity contribution is -0.137. The van der Waals surface area contributed by atoms with E-state index in [4.69, 9.17) is 21.1 Å². The molecule has 2 atom stereocenters. The van der Waals surface area contributed by atoms with Gasteiger partial charge in [-0.05, 0) is 54.8 Å². The lowest BCUT2D eigenvalue weighted by atomic mass is 9.93. The van der Waals surface area contributed by atoms with E-state index >= 15 is 0 Å². The molecule has 1 N–H and O–H groups in total. The molecule has 2 saturated heterocycles. The number of nitrogens with one attached hydrogen (secondary N) is 1. The monoisotopic (exact) mass is 427 g/mol. The van der Waals surface area contributed by atoms with E-state index in [1.165, 1.54) is 4.90 Å². The summed E-state index contributed by atoms with van der Waals surface area (Å²) in [6.07, 6.45) is 1.73. The first-order valence-corrected chi connectivity index (χ1v) is 10.5. The number of hydrogen-bond acceptors (Lipinski definition) is 5. The molecule has 2 unspecified atom stereocenters. The summed E-state index contributed by atoms with van der Waals surface area (Å²) in [5.74, 6) is 1.13. The molecule has 0 aliphatic carbocycles. The third-order valence-electron chi connectivity index (χ3n) is 5.85. The molecule has 0 aromatic heterocycles. The number of carbonyl (C=O) groups excluding carboxylic acids is 2. The Hall–Kier alpha value is -2.77. The quantitative estimate of drug-likeness (QED) is 0.811. The van der Waals surface area contributed by atoms with E-state index in [2.05, 4.69) is 5.32 Å². The average molecular weight is 428 g/mol. The minimum atomic E-state index is -0.398. The van der Waals surface area contributed by atoms with Gasteiger partial charge < -0.3 is 19.7 Å². The van der Waals surface area contributed by atoms with Crippen molar-refractivity contribution in [1.29, 1.82) is 0 Å². The van der Waals surface area contributed by atoms with E-state index in [9.17, 15) is 9.59 Å². The van der Waals surface area contributed by atoms with Crippen LogP contribution in [0, 0.1) is 0 Å². The minimum Gasteiger partial charge on any atom is -0.454 e. The van der Waals surface area contributed by atoms with Gasteiger partial charge in [0.25, 0.3) is 0 Å². The van der Waals surface area contributed by atoms with Crippen LogP contribution in [-0.4, -0.2) is 47.2 Å². The summed E-state index contributed by atoms with van der Waals surface area (Å²) in [4.78, 5) is 29.8. The third-order valence-corrected chi connectivity index (χ3v) is 6.09. The maximum atomic E-state index is 13.4. The summed E-state index contributed by atoms with van der Waals surface area (Å²) in [6.45, 7) is 1.55. The number of ether oxygens (including phenoxy) is 2. The van der Waals surface area contributed by atoms with Crippen molar-refractivity contribution in [3.05, 3.63) is 58.6 Å². The lowest BCUT2D eigenvalue weighted by Crippen LogP contribution is -2.68. The maximum absolute atomic E-state index is 13.4. The molecule has 0 saturated carbocycles. The molecule has 156 valence electrons. The summed E-state index contributed by atoms with van der Waals surface area (Å²) in [5.41, 5.74) is 1.76. The summed E-state index contributed by atoms with van der Waals surface area (Å²) >= 11 is 6.14. The Bertz CT molecular complexity index is 998. The SMILES string of the molecule is O=C1C2NCCCC2N(Cc2cccc(Cl)c2)C(=O)N1Cc1ccc2c(c1)OCO2. The van der Waals surface area contributed by atoms with Gasteiger partial charge >= 0.3 is 6.03 Å². The van der Waals surface area contributed by atoms with Crippen molar-refractivity contribution < 1.29 is 19.1 Å². The molecule has 5 rings (SSSR count).